The summed E-state index contributed by atoms with van der Waals surface area (Å²) in [5, 5.41) is 27.8. The van der Waals surface area contributed by atoms with E-state index in [2.05, 4.69) is 10.6 Å². The minimum atomic E-state index is -1.60. The summed E-state index contributed by atoms with van der Waals surface area (Å²) in [4.78, 5) is 138. The van der Waals surface area contributed by atoms with Gasteiger partial charge in [-0.2, -0.15) is 0 Å². The number of benzene rings is 1. The lowest BCUT2D eigenvalue weighted by atomic mass is 9.90. The number of carbonyl (C=O) groups excluding carboxylic acids is 9. The van der Waals surface area contributed by atoms with E-state index in [9.17, 15) is 39.0 Å². The first kappa shape index (κ1) is 63.2. The number of Topliss-reactive ketones (excluding diaryl/α,β-unsaturated/α-hetero) is 1. The first-order valence-electron chi connectivity index (χ1n) is 28.1. The van der Waals surface area contributed by atoms with Crippen LogP contribution in [0.5, 0.6) is 5.75 Å². The number of hydrogen-bond donors (Lipinski definition) is 4. The molecule has 0 aliphatic carbocycles. The number of rotatable bonds is 13. The molecule has 436 valence electrons. The molecular formula is C57H89N7O14. The molecule has 0 saturated carbocycles. The summed E-state index contributed by atoms with van der Waals surface area (Å²) < 4.78 is 17.5. The van der Waals surface area contributed by atoms with Crippen LogP contribution in [0.25, 0.3) is 0 Å². The molecular weight excluding hydrogens is 1010 g/mol. The molecule has 6 amide bonds. The maximum absolute atomic E-state index is 15.3. The number of cyclic esters (lactones) is 2. The van der Waals surface area contributed by atoms with Crippen molar-refractivity contribution >= 4 is 53.2 Å². The SMILES string of the molecule is CC[C@H](C)[C@@H]1NC(=O)[C@H](N2CC(C)C[C@H](N(C)CC3CCCN3C(=O)[C@@H](C)O)C2=O)[C@H](C)OC(=O)[C@H](Cc2ccc(OC)cc2)N(C)C(=O)[C@@H]2CCCN2C(=O)[C@H](CC(C)C)NC(=O)[C@H](C)C(=O)[C@H](C(C)C)OC(=O)C[C@H]1O. The van der Waals surface area contributed by atoms with Gasteiger partial charge in [0.05, 0.1) is 37.6 Å². The number of ether oxygens (including phenoxy) is 3. The number of hydrogen-bond acceptors (Lipinski definition) is 15. The Balaban J connectivity index is 1.62. The maximum Gasteiger partial charge on any atom is 0.329 e. The third kappa shape index (κ3) is 15.4. The summed E-state index contributed by atoms with van der Waals surface area (Å²) in [6.45, 7) is 17.8. The Kier molecular flexibility index (Phi) is 22.6. The molecule has 4 aliphatic heterocycles. The third-order valence-corrected chi connectivity index (χ3v) is 16.2. The van der Waals surface area contributed by atoms with Gasteiger partial charge in [0.25, 0.3) is 5.91 Å². The van der Waals surface area contributed by atoms with Crippen molar-refractivity contribution < 1.29 is 67.6 Å². The van der Waals surface area contributed by atoms with Crippen LogP contribution in [0.3, 0.4) is 0 Å². The van der Waals surface area contributed by atoms with Crippen molar-refractivity contribution in [2.75, 3.05) is 47.4 Å². The second-order valence-corrected chi connectivity index (χ2v) is 23.2. The first-order chi connectivity index (χ1) is 36.7. The topological polar surface area (TPSA) is 262 Å². The van der Waals surface area contributed by atoms with Crippen molar-refractivity contribution in [1.29, 1.82) is 0 Å². The summed E-state index contributed by atoms with van der Waals surface area (Å²) in [5.41, 5.74) is 0.616. The second-order valence-electron chi connectivity index (χ2n) is 23.2. The minimum Gasteiger partial charge on any atom is -0.497 e. The van der Waals surface area contributed by atoms with Gasteiger partial charge < -0.3 is 54.7 Å². The predicted molar refractivity (Wildman–Crippen MR) is 288 cm³/mol. The van der Waals surface area contributed by atoms with Crippen molar-refractivity contribution in [3.05, 3.63) is 29.8 Å². The lowest BCUT2D eigenvalue weighted by molar-refractivity contribution is -0.168. The molecule has 4 heterocycles. The number of fused-ring (bicyclic) bond motifs is 1. The van der Waals surface area contributed by atoms with E-state index in [0.29, 0.717) is 56.5 Å². The largest absolute Gasteiger partial charge is 0.497 e. The normalized spacial score (nSPS) is 30.8. The standard InChI is InChI=1S/C57H89N7O14/c1-14-34(7)47-45(66)28-46(67)78-50(32(4)5)49(68)35(8)51(69)58-41(25-31(2)3)54(72)63-24-16-18-42(63)55(73)61(12)44(27-38-19-21-40(76-13)22-20-38)57(75)77-37(10)48(52(70)59-47)64-29-33(6)26-43(56(64)74)60(11)30-39-17-15-23-62(39)53(71)36(9)65/h19-22,31-37,39,41-45,47-48,50,65-66H,14-18,23-30H2,1-13H3,(H,58,69)(H,59,70)/t33?,34-,35+,36+,37-,39?,41-,42-,43-,44-,45+,47-,48+,50-/m0/s1. The molecule has 1 aromatic rings. The molecule has 4 N–H and O–H groups in total. The van der Waals surface area contributed by atoms with Gasteiger partial charge in [-0.15, -0.1) is 0 Å². The van der Waals surface area contributed by atoms with Crippen molar-refractivity contribution in [3.8, 4) is 5.75 Å². The van der Waals surface area contributed by atoms with Crippen LogP contribution in [0.2, 0.25) is 0 Å². The molecule has 14 atom stereocenters. The Morgan fingerprint density at radius 2 is 1.51 bits per heavy atom. The highest BCUT2D eigenvalue weighted by atomic mass is 16.6. The van der Waals surface area contributed by atoms with Crippen LogP contribution >= 0.6 is 0 Å². The number of nitrogens with one attached hydrogen (secondary N) is 2. The number of esters is 2. The molecule has 1 aromatic carbocycles. The molecule has 0 radical (unpaired) electrons. The highest BCUT2D eigenvalue weighted by molar-refractivity contribution is 6.05. The monoisotopic (exact) mass is 1100 g/mol. The molecule has 21 nitrogen and oxygen atoms in total. The summed E-state index contributed by atoms with van der Waals surface area (Å²) in [6.07, 6.45) is -3.40. The van der Waals surface area contributed by atoms with E-state index in [1.807, 2.05) is 32.6 Å². The van der Waals surface area contributed by atoms with Crippen LogP contribution in [-0.2, 0) is 59.0 Å². The zero-order valence-corrected chi connectivity index (χ0v) is 48.3. The number of aliphatic hydroxyl groups is 2. The molecule has 4 aliphatic rings. The van der Waals surface area contributed by atoms with Crippen molar-refractivity contribution in [2.45, 2.75) is 194 Å². The van der Waals surface area contributed by atoms with Crippen molar-refractivity contribution in [1.82, 2.24) is 35.1 Å². The van der Waals surface area contributed by atoms with Gasteiger partial charge in [-0.25, -0.2) is 4.79 Å². The van der Waals surface area contributed by atoms with Crippen molar-refractivity contribution in [3.63, 3.8) is 0 Å². The van der Waals surface area contributed by atoms with Crippen LogP contribution in [0.15, 0.2) is 24.3 Å². The van der Waals surface area contributed by atoms with Crippen LogP contribution in [0.4, 0.5) is 0 Å². The van der Waals surface area contributed by atoms with E-state index in [4.69, 9.17) is 14.2 Å². The zero-order chi connectivity index (χ0) is 58.0. The Morgan fingerprint density at radius 1 is 0.859 bits per heavy atom. The average molecular weight is 1100 g/mol. The second kappa shape index (κ2) is 28.0. The number of ketones is 1. The van der Waals surface area contributed by atoms with Gasteiger partial charge in [-0.1, -0.05) is 67.0 Å². The van der Waals surface area contributed by atoms with Gasteiger partial charge in [0.15, 0.2) is 11.9 Å². The molecule has 4 saturated heterocycles. The molecule has 5 rings (SSSR count). The predicted octanol–water partition coefficient (Wildman–Crippen LogP) is 2.50. The number of likely N-dealkylation sites (N-methyl/N-ethyl adjacent to an activating group) is 2. The molecule has 2 unspecified atom stereocenters. The number of aliphatic hydroxyl groups excluding tert-OH is 2. The van der Waals surface area contributed by atoms with Crippen LogP contribution < -0.4 is 15.4 Å². The zero-order valence-electron chi connectivity index (χ0n) is 48.3. The fourth-order valence-corrected chi connectivity index (χ4v) is 11.5. The summed E-state index contributed by atoms with van der Waals surface area (Å²) >= 11 is 0. The molecule has 4 fully saturated rings. The van der Waals surface area contributed by atoms with Crippen LogP contribution in [0.1, 0.15) is 126 Å². The highest BCUT2D eigenvalue weighted by Gasteiger charge is 2.48. The van der Waals surface area contributed by atoms with E-state index in [-0.39, 0.29) is 50.2 Å². The van der Waals surface area contributed by atoms with E-state index in [0.717, 1.165) is 0 Å². The first-order valence-corrected chi connectivity index (χ1v) is 28.1. The van der Waals surface area contributed by atoms with E-state index in [1.54, 1.807) is 57.0 Å². The Bertz CT molecular complexity index is 2300. The van der Waals surface area contributed by atoms with Gasteiger partial charge in [0.2, 0.25) is 29.5 Å². The number of carbonyl (C=O) groups is 9. The van der Waals surface area contributed by atoms with E-state index >= 15 is 14.4 Å². The van der Waals surface area contributed by atoms with Crippen LogP contribution in [-0.4, -0.2) is 202 Å². The van der Waals surface area contributed by atoms with Crippen molar-refractivity contribution in [2.24, 2.45) is 29.6 Å². The van der Waals surface area contributed by atoms with E-state index in [1.165, 1.54) is 49.6 Å². The summed E-state index contributed by atoms with van der Waals surface area (Å²) in [7, 11) is 4.73. The summed E-state index contributed by atoms with van der Waals surface area (Å²) in [6, 6.07) is -0.459. The summed E-state index contributed by atoms with van der Waals surface area (Å²) in [5.74, 6) is -8.49. The number of piperidine rings is 1. The number of nitrogens with zero attached hydrogens (tertiary/aromatic N) is 5. The molecule has 0 aromatic heterocycles. The Hall–Kier alpha value is -5.67. The van der Waals surface area contributed by atoms with Crippen LogP contribution in [0, 0.1) is 29.6 Å². The number of methoxy groups -OCH3 is 1. The van der Waals surface area contributed by atoms with Gasteiger partial charge >= 0.3 is 11.9 Å². The van der Waals surface area contributed by atoms with Gasteiger partial charge in [-0.05, 0) is 108 Å². The fraction of sp³-hybridized carbons (Fsp3) is 0.737. The molecule has 78 heavy (non-hydrogen) atoms. The van der Waals surface area contributed by atoms with E-state index < -0.39 is 138 Å². The molecule has 0 bridgehead atoms. The fourth-order valence-electron chi connectivity index (χ4n) is 11.5. The average Bonchev–Trinajstić information content (AvgIpc) is 4.09. The van der Waals surface area contributed by atoms with Gasteiger partial charge in [0.1, 0.15) is 42.1 Å². The Labute approximate surface area is 460 Å². The molecule has 21 heteroatoms. The number of likely N-dealkylation sites (tertiary alicyclic amines) is 2. The molecule has 0 spiro atoms. The third-order valence-electron chi connectivity index (χ3n) is 16.2. The minimum absolute atomic E-state index is 0.0551. The lowest BCUT2D eigenvalue weighted by Gasteiger charge is -2.45. The lowest BCUT2D eigenvalue weighted by Crippen LogP contribution is -2.65. The smallest absolute Gasteiger partial charge is 0.329 e. The van der Waals surface area contributed by atoms with Gasteiger partial charge in [-0.3, -0.25) is 43.3 Å². The quantitative estimate of drug-likeness (QED) is 0.163. The van der Waals surface area contributed by atoms with Gasteiger partial charge in [0, 0.05) is 45.7 Å². The highest BCUT2D eigenvalue weighted by Crippen LogP contribution is 2.30. The number of amides is 6. The maximum atomic E-state index is 15.3. The Morgan fingerprint density at radius 3 is 2.12 bits per heavy atom.